The monoisotopic (exact) mass is 353 g/mol. The largest absolute Gasteiger partial charge is 0.478 e. The lowest BCUT2D eigenvalue weighted by atomic mass is 10.0. The molecule has 130 valence electrons. The number of nitrogens with one attached hydrogen (secondary N) is 1. The Labute approximate surface area is 143 Å². The van der Waals surface area contributed by atoms with Crippen molar-refractivity contribution in [3.05, 3.63) is 23.4 Å². The van der Waals surface area contributed by atoms with Crippen molar-refractivity contribution in [2.75, 3.05) is 13.2 Å². The number of hydrogen-bond donors (Lipinski definition) is 3. The molecule has 3 unspecified atom stereocenters. The highest BCUT2D eigenvalue weighted by molar-refractivity contribution is 8.00. The van der Waals surface area contributed by atoms with Crippen molar-refractivity contribution in [2.24, 2.45) is 5.73 Å². The molecule has 9 heteroatoms. The van der Waals surface area contributed by atoms with Gasteiger partial charge in [-0.25, -0.2) is 4.79 Å². The number of hydrogen-bond acceptors (Lipinski definition) is 6. The maximum Gasteiger partial charge on any atom is 0.334 e. The van der Waals surface area contributed by atoms with Crippen LogP contribution in [0.5, 0.6) is 0 Å². The predicted octanol–water partition coefficient (Wildman–Crippen LogP) is -0.583. The first kappa shape index (κ1) is 17.0. The zero-order chi connectivity index (χ0) is 17.4. The van der Waals surface area contributed by atoms with Crippen LogP contribution in [0.15, 0.2) is 23.4 Å². The van der Waals surface area contributed by atoms with Gasteiger partial charge in [0.15, 0.2) is 0 Å². The Bertz CT molecular complexity index is 647. The van der Waals surface area contributed by atoms with E-state index >= 15 is 0 Å². The van der Waals surface area contributed by atoms with Gasteiger partial charge in [-0.1, -0.05) is 6.08 Å². The minimum atomic E-state index is -1.04. The second-order valence-corrected chi connectivity index (χ2v) is 7.35. The molecule has 24 heavy (non-hydrogen) atoms. The average molecular weight is 353 g/mol. The van der Waals surface area contributed by atoms with E-state index in [1.807, 2.05) is 6.08 Å². The van der Waals surface area contributed by atoms with E-state index in [1.54, 1.807) is 6.92 Å². The minimum absolute atomic E-state index is 0.176. The van der Waals surface area contributed by atoms with Crippen LogP contribution in [0.3, 0.4) is 0 Å². The van der Waals surface area contributed by atoms with Gasteiger partial charge in [-0.15, -0.1) is 11.8 Å². The van der Waals surface area contributed by atoms with E-state index in [0.29, 0.717) is 25.2 Å². The standard InChI is InChI=1S/C15H19N3O5S/c1-7-9(15(21)22)5-18-13(20)11(14(18)24-7)17-12(19)10(16)8-3-2-4-23-6-8/h3,5,7,10-11,14H,2,4,6,16H2,1H3,(H,17,19)(H,21,22)/t7?,10?,11?,14-/m1/s1. The lowest BCUT2D eigenvalue weighted by Gasteiger charge is -2.48. The summed E-state index contributed by atoms with van der Waals surface area (Å²) in [6.07, 6.45) is 3.96. The van der Waals surface area contributed by atoms with Crippen molar-refractivity contribution in [2.45, 2.75) is 36.1 Å². The van der Waals surface area contributed by atoms with Crippen LogP contribution in [0.25, 0.3) is 0 Å². The predicted molar refractivity (Wildman–Crippen MR) is 86.8 cm³/mol. The molecule has 0 aromatic heterocycles. The lowest BCUT2D eigenvalue weighted by molar-refractivity contribution is -0.145. The van der Waals surface area contributed by atoms with Crippen LogP contribution in [0.2, 0.25) is 0 Å². The number of fused-ring (bicyclic) bond motifs is 1. The summed E-state index contributed by atoms with van der Waals surface area (Å²) >= 11 is 1.33. The van der Waals surface area contributed by atoms with Gasteiger partial charge in [-0.2, -0.15) is 0 Å². The van der Waals surface area contributed by atoms with Gasteiger partial charge in [-0.3, -0.25) is 9.59 Å². The number of amides is 2. The molecule has 0 bridgehead atoms. The summed E-state index contributed by atoms with van der Waals surface area (Å²) in [6.45, 7) is 2.70. The number of rotatable bonds is 4. The van der Waals surface area contributed by atoms with Crippen LogP contribution in [0, 0.1) is 0 Å². The Hall–Kier alpha value is -1.84. The maximum atomic E-state index is 12.3. The Morgan fingerprint density at radius 3 is 2.92 bits per heavy atom. The van der Waals surface area contributed by atoms with Crippen LogP contribution in [0.4, 0.5) is 0 Å². The number of β-lactam (4-membered cyclic amide) rings is 1. The second kappa shape index (κ2) is 6.58. The quantitative estimate of drug-likeness (QED) is 0.456. The molecule has 0 aliphatic carbocycles. The Morgan fingerprint density at radius 1 is 1.54 bits per heavy atom. The lowest BCUT2D eigenvalue weighted by Crippen LogP contribution is -2.70. The molecule has 2 amide bonds. The van der Waals surface area contributed by atoms with E-state index < -0.39 is 24.0 Å². The summed E-state index contributed by atoms with van der Waals surface area (Å²) in [4.78, 5) is 37.0. The van der Waals surface area contributed by atoms with Crippen molar-refractivity contribution in [1.29, 1.82) is 0 Å². The van der Waals surface area contributed by atoms with Crippen molar-refractivity contribution >= 4 is 29.5 Å². The molecule has 4 atom stereocenters. The summed E-state index contributed by atoms with van der Waals surface area (Å²) in [6, 6.07) is -1.53. The third-order valence-electron chi connectivity index (χ3n) is 4.30. The molecule has 0 spiro atoms. The molecule has 3 aliphatic heterocycles. The van der Waals surface area contributed by atoms with E-state index in [1.165, 1.54) is 22.9 Å². The summed E-state index contributed by atoms with van der Waals surface area (Å²) < 4.78 is 5.28. The molecule has 0 saturated carbocycles. The molecule has 1 fully saturated rings. The average Bonchev–Trinajstić information content (AvgIpc) is 2.58. The molecule has 0 aromatic carbocycles. The number of ether oxygens (including phenoxy) is 1. The molecule has 0 aromatic rings. The molecule has 3 rings (SSSR count). The van der Waals surface area contributed by atoms with Gasteiger partial charge in [0.2, 0.25) is 5.91 Å². The smallest absolute Gasteiger partial charge is 0.334 e. The molecule has 8 nitrogen and oxygen atoms in total. The molecular formula is C15H19N3O5S. The third kappa shape index (κ3) is 2.94. The van der Waals surface area contributed by atoms with Crippen LogP contribution < -0.4 is 11.1 Å². The molecular weight excluding hydrogens is 334 g/mol. The van der Waals surface area contributed by atoms with Crippen molar-refractivity contribution in [3.8, 4) is 0 Å². The topological polar surface area (TPSA) is 122 Å². The van der Waals surface area contributed by atoms with Crippen molar-refractivity contribution in [1.82, 2.24) is 10.2 Å². The first-order valence-electron chi connectivity index (χ1n) is 7.65. The van der Waals surface area contributed by atoms with E-state index in [2.05, 4.69) is 5.32 Å². The fourth-order valence-electron chi connectivity index (χ4n) is 2.87. The minimum Gasteiger partial charge on any atom is -0.478 e. The number of carbonyl (C=O) groups excluding carboxylic acids is 2. The summed E-state index contributed by atoms with van der Waals surface area (Å²) in [7, 11) is 0. The highest BCUT2D eigenvalue weighted by atomic mass is 32.2. The van der Waals surface area contributed by atoms with Gasteiger partial charge in [0.25, 0.3) is 5.91 Å². The summed E-state index contributed by atoms with van der Waals surface area (Å²) in [5, 5.41) is 11.2. The zero-order valence-electron chi connectivity index (χ0n) is 13.1. The number of carboxylic acid groups (broad SMARTS) is 1. The highest BCUT2D eigenvalue weighted by Crippen LogP contribution is 2.40. The van der Waals surface area contributed by atoms with Gasteiger partial charge in [0.05, 0.1) is 18.8 Å². The fraction of sp³-hybridized carbons (Fsp3) is 0.533. The summed E-state index contributed by atoms with van der Waals surface area (Å²) in [5.41, 5.74) is 6.82. The number of carboxylic acids is 1. The van der Waals surface area contributed by atoms with Crippen LogP contribution >= 0.6 is 11.8 Å². The summed E-state index contributed by atoms with van der Waals surface area (Å²) in [5.74, 6) is -1.79. The number of carbonyl (C=O) groups is 3. The molecule has 3 aliphatic rings. The first-order chi connectivity index (χ1) is 11.4. The second-order valence-electron chi connectivity index (χ2n) is 5.89. The Kier molecular flexibility index (Phi) is 4.66. The number of nitrogens with two attached hydrogens (primary N) is 1. The number of aliphatic carboxylic acids is 1. The van der Waals surface area contributed by atoms with E-state index in [9.17, 15) is 14.4 Å². The van der Waals surface area contributed by atoms with Gasteiger partial charge in [0.1, 0.15) is 17.5 Å². The van der Waals surface area contributed by atoms with Crippen molar-refractivity contribution < 1.29 is 24.2 Å². The number of nitrogens with zero attached hydrogens (tertiary/aromatic N) is 1. The SMILES string of the molecule is CC1S[C@@H]2C(NC(=O)C(N)C3=CCCOC3)C(=O)N2C=C1C(=O)O. The third-order valence-corrected chi connectivity index (χ3v) is 5.74. The Balaban J connectivity index is 1.65. The maximum absolute atomic E-state index is 12.3. The van der Waals surface area contributed by atoms with Gasteiger partial charge < -0.3 is 25.8 Å². The molecule has 1 saturated heterocycles. The van der Waals surface area contributed by atoms with Crippen LogP contribution in [0.1, 0.15) is 13.3 Å². The van der Waals surface area contributed by atoms with Gasteiger partial charge in [0, 0.05) is 11.4 Å². The van der Waals surface area contributed by atoms with E-state index in [4.69, 9.17) is 15.6 Å². The molecule has 4 N–H and O–H groups in total. The van der Waals surface area contributed by atoms with Crippen LogP contribution in [-0.4, -0.2) is 63.7 Å². The van der Waals surface area contributed by atoms with E-state index in [0.717, 1.165) is 0 Å². The first-order valence-corrected chi connectivity index (χ1v) is 8.59. The van der Waals surface area contributed by atoms with Crippen LogP contribution in [-0.2, 0) is 19.1 Å². The molecule has 3 heterocycles. The normalized spacial score (nSPS) is 30.5. The Morgan fingerprint density at radius 2 is 2.29 bits per heavy atom. The molecule has 0 radical (unpaired) electrons. The van der Waals surface area contributed by atoms with Gasteiger partial charge >= 0.3 is 5.97 Å². The van der Waals surface area contributed by atoms with Gasteiger partial charge in [-0.05, 0) is 18.9 Å². The van der Waals surface area contributed by atoms with Crippen molar-refractivity contribution in [3.63, 3.8) is 0 Å². The number of thioether (sulfide) groups is 1. The zero-order valence-corrected chi connectivity index (χ0v) is 13.9. The van der Waals surface area contributed by atoms with E-state index in [-0.39, 0.29) is 22.1 Å². The highest BCUT2D eigenvalue weighted by Gasteiger charge is 2.51. The fourth-order valence-corrected chi connectivity index (χ4v) is 4.24.